The number of piperazine rings is 1. The van der Waals surface area contributed by atoms with Crippen LogP contribution in [-0.4, -0.2) is 36.0 Å². The molecule has 3 rings (SSSR count). The number of nitrogens with zero attached hydrogens (tertiary/aromatic N) is 2. The fraction of sp³-hybridized carbons (Fsp3) is 0.333. The van der Waals surface area contributed by atoms with Gasteiger partial charge < -0.3 is 5.32 Å². The highest BCUT2D eigenvalue weighted by Gasteiger charge is 2.30. The summed E-state index contributed by atoms with van der Waals surface area (Å²) in [5.74, 6) is 0. The Morgan fingerprint density at radius 3 is 2.54 bits per heavy atom. The van der Waals surface area contributed by atoms with Crippen molar-refractivity contribution in [3.05, 3.63) is 61.3 Å². The van der Waals surface area contributed by atoms with Crippen LogP contribution < -0.4 is 5.32 Å². The number of nitro groups is 1. The first-order valence-corrected chi connectivity index (χ1v) is 8.34. The van der Waals surface area contributed by atoms with E-state index in [2.05, 4.69) is 10.2 Å². The van der Waals surface area contributed by atoms with Gasteiger partial charge in [0.25, 0.3) is 5.69 Å². The lowest BCUT2D eigenvalue weighted by molar-refractivity contribution is -0.385. The topological polar surface area (TPSA) is 58.4 Å². The largest absolute Gasteiger partial charge is 0.314 e. The predicted molar refractivity (Wildman–Crippen MR) is 103 cm³/mol. The molecule has 1 aromatic carbocycles. The third-order valence-corrected chi connectivity index (χ3v) is 4.97. The first-order chi connectivity index (χ1) is 10.7. The minimum absolute atomic E-state index is 0. The fourth-order valence-electron chi connectivity index (χ4n) is 2.83. The Hall–Kier alpha value is -0.890. The number of hydrogen-bond donors (Lipinski definition) is 1. The Morgan fingerprint density at radius 2 is 1.96 bits per heavy atom. The zero-order chi connectivity index (χ0) is 15.5. The van der Waals surface area contributed by atoms with Gasteiger partial charge in [0.2, 0.25) is 0 Å². The van der Waals surface area contributed by atoms with Crippen LogP contribution in [-0.2, 0) is 0 Å². The molecule has 9 heteroatoms. The Kier molecular flexibility index (Phi) is 8.42. The summed E-state index contributed by atoms with van der Waals surface area (Å²) in [5.41, 5.74) is 0.795. The van der Waals surface area contributed by atoms with Crippen molar-refractivity contribution in [1.82, 2.24) is 10.2 Å². The van der Waals surface area contributed by atoms with Crippen LogP contribution in [0.4, 0.5) is 5.69 Å². The van der Waals surface area contributed by atoms with Gasteiger partial charge >= 0.3 is 0 Å². The number of halogens is 3. The summed E-state index contributed by atoms with van der Waals surface area (Å²) in [6, 6.07) is 8.69. The average Bonchev–Trinajstić information content (AvgIpc) is 3.02. The van der Waals surface area contributed by atoms with Crippen LogP contribution in [0.2, 0.25) is 5.02 Å². The van der Waals surface area contributed by atoms with Crippen LogP contribution in [0.5, 0.6) is 0 Å². The van der Waals surface area contributed by atoms with Gasteiger partial charge in [-0.05, 0) is 23.6 Å². The SMILES string of the molecule is Cl.Cl.O=[N+]([O-])c1ccc(Cl)cc1[C@H](c1cccs1)N1CCNCC1. The fourth-order valence-corrected chi connectivity index (χ4v) is 3.88. The smallest absolute Gasteiger partial charge is 0.274 e. The number of benzene rings is 1. The Balaban J connectivity index is 0.00000144. The molecule has 2 heterocycles. The lowest BCUT2D eigenvalue weighted by Gasteiger charge is -2.34. The van der Waals surface area contributed by atoms with Crippen molar-refractivity contribution in [3.8, 4) is 0 Å². The van der Waals surface area contributed by atoms with Gasteiger partial charge in [-0.25, -0.2) is 0 Å². The van der Waals surface area contributed by atoms with E-state index in [0.29, 0.717) is 10.6 Å². The van der Waals surface area contributed by atoms with E-state index in [4.69, 9.17) is 11.6 Å². The molecule has 0 aliphatic carbocycles. The quantitative estimate of drug-likeness (QED) is 0.608. The minimum Gasteiger partial charge on any atom is -0.314 e. The summed E-state index contributed by atoms with van der Waals surface area (Å²) in [5, 5.41) is 17.3. The number of nitro benzene ring substituents is 1. The second-order valence-corrected chi connectivity index (χ2v) is 6.58. The van der Waals surface area contributed by atoms with Crippen molar-refractivity contribution >= 4 is 53.4 Å². The molecule has 1 fully saturated rings. The van der Waals surface area contributed by atoms with Crippen LogP contribution in [0, 0.1) is 10.1 Å². The zero-order valence-electron chi connectivity index (χ0n) is 12.7. The van der Waals surface area contributed by atoms with E-state index in [-0.39, 0.29) is 41.5 Å². The summed E-state index contributed by atoms with van der Waals surface area (Å²) >= 11 is 7.73. The first kappa shape index (κ1) is 21.2. The summed E-state index contributed by atoms with van der Waals surface area (Å²) in [4.78, 5) is 14.5. The highest BCUT2D eigenvalue weighted by Crippen LogP contribution is 2.38. The van der Waals surface area contributed by atoms with E-state index in [1.54, 1.807) is 23.5 Å². The molecule has 0 radical (unpaired) electrons. The molecule has 1 aliphatic rings. The number of nitrogens with one attached hydrogen (secondary N) is 1. The molecule has 2 aromatic rings. The van der Waals surface area contributed by atoms with Crippen molar-refractivity contribution < 1.29 is 4.92 Å². The highest BCUT2D eigenvalue weighted by molar-refractivity contribution is 7.10. The van der Waals surface area contributed by atoms with Crippen molar-refractivity contribution in [2.75, 3.05) is 26.2 Å². The molecule has 1 aromatic heterocycles. The average molecular weight is 411 g/mol. The summed E-state index contributed by atoms with van der Waals surface area (Å²) in [7, 11) is 0. The van der Waals surface area contributed by atoms with Gasteiger partial charge in [-0.15, -0.1) is 36.2 Å². The van der Waals surface area contributed by atoms with Gasteiger partial charge in [0.05, 0.1) is 16.5 Å². The number of rotatable bonds is 4. The summed E-state index contributed by atoms with van der Waals surface area (Å²) in [6.45, 7) is 3.48. The van der Waals surface area contributed by atoms with Crippen LogP contribution in [0.25, 0.3) is 0 Å². The van der Waals surface area contributed by atoms with E-state index in [0.717, 1.165) is 31.1 Å². The molecule has 0 bridgehead atoms. The second kappa shape index (κ2) is 9.56. The molecule has 5 nitrogen and oxygen atoms in total. The van der Waals surface area contributed by atoms with Crippen LogP contribution in [0.15, 0.2) is 35.7 Å². The van der Waals surface area contributed by atoms with Crippen LogP contribution in [0.3, 0.4) is 0 Å². The molecule has 1 N–H and O–H groups in total. The number of thiophene rings is 1. The maximum absolute atomic E-state index is 11.4. The molecule has 1 aliphatic heterocycles. The van der Waals surface area contributed by atoms with Gasteiger partial charge in [-0.3, -0.25) is 15.0 Å². The predicted octanol–water partition coefficient (Wildman–Crippen LogP) is 4.15. The van der Waals surface area contributed by atoms with Crippen molar-refractivity contribution in [1.29, 1.82) is 0 Å². The summed E-state index contributed by atoms with van der Waals surface area (Å²) < 4.78 is 0. The normalized spacial score (nSPS) is 15.9. The number of hydrogen-bond acceptors (Lipinski definition) is 5. The van der Waals surface area contributed by atoms with Crippen molar-refractivity contribution in [2.45, 2.75) is 6.04 Å². The molecular formula is C15H18Cl3N3O2S. The van der Waals surface area contributed by atoms with E-state index in [9.17, 15) is 10.1 Å². The first-order valence-electron chi connectivity index (χ1n) is 7.09. The Labute approximate surface area is 162 Å². The maximum atomic E-state index is 11.4. The monoisotopic (exact) mass is 409 g/mol. The highest BCUT2D eigenvalue weighted by atomic mass is 35.5. The van der Waals surface area contributed by atoms with E-state index >= 15 is 0 Å². The van der Waals surface area contributed by atoms with Gasteiger partial charge in [0, 0.05) is 42.1 Å². The van der Waals surface area contributed by atoms with Crippen molar-refractivity contribution in [2.24, 2.45) is 0 Å². The van der Waals surface area contributed by atoms with Gasteiger partial charge in [-0.2, -0.15) is 0 Å². The van der Waals surface area contributed by atoms with E-state index in [1.165, 1.54) is 6.07 Å². The Morgan fingerprint density at radius 1 is 1.25 bits per heavy atom. The lowest BCUT2D eigenvalue weighted by atomic mass is 10.0. The van der Waals surface area contributed by atoms with Gasteiger partial charge in [0.15, 0.2) is 0 Å². The Bertz CT molecular complexity index is 664. The lowest BCUT2D eigenvalue weighted by Crippen LogP contribution is -2.45. The van der Waals surface area contributed by atoms with Crippen LogP contribution >= 0.6 is 47.8 Å². The molecule has 1 saturated heterocycles. The molecule has 24 heavy (non-hydrogen) atoms. The third-order valence-electron chi connectivity index (χ3n) is 3.81. The van der Waals surface area contributed by atoms with E-state index in [1.807, 2.05) is 17.5 Å². The molecule has 0 amide bonds. The molecule has 1 atom stereocenters. The van der Waals surface area contributed by atoms with Gasteiger partial charge in [0.1, 0.15) is 0 Å². The molecule has 132 valence electrons. The molecule has 0 spiro atoms. The summed E-state index contributed by atoms with van der Waals surface area (Å²) in [6.07, 6.45) is 0. The van der Waals surface area contributed by atoms with Crippen molar-refractivity contribution in [3.63, 3.8) is 0 Å². The second-order valence-electron chi connectivity index (χ2n) is 5.16. The third kappa shape index (κ3) is 4.59. The zero-order valence-corrected chi connectivity index (χ0v) is 15.9. The van der Waals surface area contributed by atoms with Crippen LogP contribution in [0.1, 0.15) is 16.5 Å². The molecule has 0 saturated carbocycles. The maximum Gasteiger partial charge on any atom is 0.274 e. The molecule has 0 unspecified atom stereocenters. The minimum atomic E-state index is -0.325. The standard InChI is InChI=1S/C15H16ClN3O2S.2ClH/c16-11-3-4-13(19(20)21)12(10-11)15(14-2-1-9-22-14)18-7-5-17-6-8-18;;/h1-4,9-10,15,17H,5-8H2;2*1H/t15-;;/m1../s1. The molecular weight excluding hydrogens is 393 g/mol. The van der Waals surface area contributed by atoms with E-state index < -0.39 is 0 Å². The van der Waals surface area contributed by atoms with Gasteiger partial charge in [-0.1, -0.05) is 17.7 Å².